The molecule has 4 heterocycles. The summed E-state index contributed by atoms with van der Waals surface area (Å²) >= 11 is 0. The summed E-state index contributed by atoms with van der Waals surface area (Å²) in [5.41, 5.74) is 1.26. The van der Waals surface area contributed by atoms with E-state index in [9.17, 15) is 18.0 Å². The smallest absolute Gasteiger partial charge is 0.417 e. The van der Waals surface area contributed by atoms with Gasteiger partial charge in [-0.2, -0.15) is 28.2 Å². The number of ether oxygens (including phenoxy) is 1. The molecule has 1 amide bonds. The Hall–Kier alpha value is -3.43. The highest BCUT2D eigenvalue weighted by molar-refractivity contribution is 5.98. The van der Waals surface area contributed by atoms with Crippen LogP contribution < -0.4 is 4.74 Å². The van der Waals surface area contributed by atoms with Crippen molar-refractivity contribution >= 4 is 5.91 Å². The number of amides is 1. The fourth-order valence-corrected chi connectivity index (χ4v) is 4.62. The topological polar surface area (TPSA) is 73.1 Å². The number of benzene rings is 1. The number of carbonyl (C=O) groups excluding carboxylic acids is 1. The summed E-state index contributed by atoms with van der Waals surface area (Å²) in [5, 5.41) is 8.34. The SMILES string of the molecule is Cc1ccc(C(=O)N2[C@@H]3CC[C@H]2[C@H](Oc2ccc(C(F)(F)F)cn2)C3)c(-n2nccn2)c1. The molecule has 32 heavy (non-hydrogen) atoms. The maximum Gasteiger partial charge on any atom is 0.417 e. The lowest BCUT2D eigenvalue weighted by atomic mass is 9.98. The van der Waals surface area contributed by atoms with Gasteiger partial charge in [-0.3, -0.25) is 4.79 Å². The second-order valence-electron chi connectivity index (χ2n) is 8.12. The molecule has 0 saturated carbocycles. The van der Waals surface area contributed by atoms with Crippen LogP contribution in [-0.4, -0.2) is 49.0 Å². The predicted octanol–water partition coefficient (Wildman–Crippen LogP) is 3.81. The second kappa shape index (κ2) is 7.61. The monoisotopic (exact) mass is 443 g/mol. The molecule has 0 unspecified atom stereocenters. The van der Waals surface area contributed by atoms with Crippen molar-refractivity contribution in [3.8, 4) is 11.6 Å². The third-order valence-corrected chi connectivity index (χ3v) is 6.07. The Morgan fingerprint density at radius 2 is 1.91 bits per heavy atom. The number of rotatable bonds is 4. The van der Waals surface area contributed by atoms with Crippen LogP contribution in [0.5, 0.6) is 5.88 Å². The second-order valence-corrected chi connectivity index (χ2v) is 8.12. The van der Waals surface area contributed by atoms with Crippen LogP contribution in [0, 0.1) is 6.92 Å². The van der Waals surface area contributed by atoms with Gasteiger partial charge in [-0.1, -0.05) is 6.07 Å². The molecule has 0 aliphatic carbocycles. The minimum absolute atomic E-state index is 0.00619. The van der Waals surface area contributed by atoms with Gasteiger partial charge in [0.05, 0.1) is 35.2 Å². The van der Waals surface area contributed by atoms with Crippen LogP contribution in [-0.2, 0) is 6.18 Å². The van der Waals surface area contributed by atoms with Gasteiger partial charge >= 0.3 is 6.18 Å². The van der Waals surface area contributed by atoms with Crippen LogP contribution in [0.3, 0.4) is 0 Å². The molecular formula is C22H20F3N5O2. The molecule has 1 aromatic carbocycles. The Morgan fingerprint density at radius 3 is 2.59 bits per heavy atom. The number of halogens is 3. The van der Waals surface area contributed by atoms with Gasteiger partial charge in [0.25, 0.3) is 5.91 Å². The van der Waals surface area contributed by atoms with Crippen molar-refractivity contribution in [2.24, 2.45) is 0 Å². The van der Waals surface area contributed by atoms with Crippen molar-refractivity contribution in [1.29, 1.82) is 0 Å². The molecular weight excluding hydrogens is 423 g/mol. The molecule has 2 aliphatic heterocycles. The zero-order valence-corrected chi connectivity index (χ0v) is 17.2. The van der Waals surface area contributed by atoms with Gasteiger partial charge in [-0.15, -0.1) is 0 Å². The number of hydrogen-bond acceptors (Lipinski definition) is 5. The molecule has 2 bridgehead atoms. The number of aryl methyl sites for hydroxylation is 1. The Bertz CT molecular complexity index is 1130. The highest BCUT2D eigenvalue weighted by atomic mass is 19.4. The lowest BCUT2D eigenvalue weighted by molar-refractivity contribution is -0.137. The first kappa shape index (κ1) is 20.5. The summed E-state index contributed by atoms with van der Waals surface area (Å²) in [5.74, 6) is -0.00371. The van der Waals surface area contributed by atoms with Gasteiger partial charge in [-0.05, 0) is 43.5 Å². The number of fused-ring (bicyclic) bond motifs is 2. The van der Waals surface area contributed by atoms with E-state index in [1.165, 1.54) is 10.9 Å². The summed E-state index contributed by atoms with van der Waals surface area (Å²) in [6.45, 7) is 1.93. The fourth-order valence-electron chi connectivity index (χ4n) is 4.62. The Labute approximate surface area is 181 Å². The lowest BCUT2D eigenvalue weighted by Crippen LogP contribution is -2.39. The summed E-state index contributed by atoms with van der Waals surface area (Å²) < 4.78 is 44.2. The van der Waals surface area contributed by atoms with Gasteiger partial charge in [0, 0.05) is 24.7 Å². The maximum atomic E-state index is 13.5. The zero-order chi connectivity index (χ0) is 22.5. The van der Waals surface area contributed by atoms with E-state index in [0.29, 0.717) is 17.7 Å². The quantitative estimate of drug-likeness (QED) is 0.613. The maximum absolute atomic E-state index is 13.5. The number of nitrogens with zero attached hydrogens (tertiary/aromatic N) is 5. The fraction of sp³-hybridized carbons (Fsp3) is 0.364. The third-order valence-electron chi connectivity index (χ3n) is 6.07. The Balaban J connectivity index is 1.37. The van der Waals surface area contributed by atoms with Crippen molar-refractivity contribution in [3.63, 3.8) is 0 Å². The minimum atomic E-state index is -4.45. The van der Waals surface area contributed by atoms with Crippen LogP contribution >= 0.6 is 0 Å². The van der Waals surface area contributed by atoms with E-state index >= 15 is 0 Å². The number of aromatic nitrogens is 4. The average molecular weight is 443 g/mol. The largest absolute Gasteiger partial charge is 0.472 e. The van der Waals surface area contributed by atoms with E-state index in [0.717, 1.165) is 30.7 Å². The molecule has 0 spiro atoms. The molecule has 0 N–H and O–H groups in total. The molecule has 10 heteroatoms. The van der Waals surface area contributed by atoms with E-state index in [4.69, 9.17) is 4.74 Å². The van der Waals surface area contributed by atoms with Gasteiger partial charge in [-0.25, -0.2) is 4.98 Å². The van der Waals surface area contributed by atoms with Gasteiger partial charge < -0.3 is 9.64 Å². The minimum Gasteiger partial charge on any atom is -0.472 e. The molecule has 3 aromatic rings. The predicted molar refractivity (Wildman–Crippen MR) is 107 cm³/mol. The molecule has 2 fully saturated rings. The lowest BCUT2D eigenvalue weighted by Gasteiger charge is -2.25. The number of alkyl halides is 3. The van der Waals surface area contributed by atoms with Crippen LogP contribution in [0.25, 0.3) is 5.69 Å². The molecule has 7 nitrogen and oxygen atoms in total. The van der Waals surface area contributed by atoms with E-state index in [1.54, 1.807) is 18.5 Å². The number of carbonyl (C=O) groups is 1. The number of hydrogen-bond donors (Lipinski definition) is 0. The van der Waals surface area contributed by atoms with E-state index in [-0.39, 0.29) is 30.0 Å². The van der Waals surface area contributed by atoms with Gasteiger partial charge in [0.1, 0.15) is 6.10 Å². The first-order valence-corrected chi connectivity index (χ1v) is 10.3. The average Bonchev–Trinajstić information content (AvgIpc) is 3.49. The van der Waals surface area contributed by atoms with Gasteiger partial charge in [0.15, 0.2) is 0 Å². The highest BCUT2D eigenvalue weighted by Crippen LogP contribution is 2.41. The molecule has 5 rings (SSSR count). The summed E-state index contributed by atoms with van der Waals surface area (Å²) in [6.07, 6.45) is 1.34. The molecule has 2 aliphatic rings. The Morgan fingerprint density at radius 1 is 1.12 bits per heavy atom. The normalized spacial score (nSPS) is 22.4. The molecule has 2 saturated heterocycles. The van der Waals surface area contributed by atoms with Crippen LogP contribution in [0.2, 0.25) is 0 Å². The third kappa shape index (κ3) is 3.59. The van der Waals surface area contributed by atoms with Gasteiger partial charge in [0.2, 0.25) is 5.88 Å². The highest BCUT2D eigenvalue weighted by Gasteiger charge is 2.50. The van der Waals surface area contributed by atoms with Crippen molar-refractivity contribution < 1.29 is 22.7 Å². The summed E-state index contributed by atoms with van der Waals surface area (Å²) in [6, 6.07) is 7.53. The molecule has 3 atom stereocenters. The zero-order valence-electron chi connectivity index (χ0n) is 17.2. The molecule has 166 valence electrons. The van der Waals surface area contributed by atoms with Crippen LogP contribution in [0.15, 0.2) is 48.9 Å². The van der Waals surface area contributed by atoms with Crippen molar-refractivity contribution in [1.82, 2.24) is 24.9 Å². The van der Waals surface area contributed by atoms with E-state index in [1.807, 2.05) is 24.0 Å². The van der Waals surface area contributed by atoms with E-state index in [2.05, 4.69) is 15.2 Å². The summed E-state index contributed by atoms with van der Waals surface area (Å²) in [4.78, 5) is 20.6. The van der Waals surface area contributed by atoms with Crippen LogP contribution in [0.1, 0.15) is 40.7 Å². The standard InChI is InChI=1S/C22H20F3N5O2/c1-13-2-5-16(18(10-13)30-27-8-9-28-30)21(31)29-15-4-6-17(29)19(11-15)32-20-7-3-14(12-26-20)22(23,24)25/h2-3,5,7-10,12,15,17,19H,4,6,11H2,1H3/t15-,17+,19-/m1/s1. The molecule has 2 aromatic heterocycles. The van der Waals surface area contributed by atoms with Crippen LogP contribution in [0.4, 0.5) is 13.2 Å². The number of pyridine rings is 1. The first-order valence-electron chi connectivity index (χ1n) is 10.3. The first-order chi connectivity index (χ1) is 15.3. The van der Waals surface area contributed by atoms with E-state index < -0.39 is 11.7 Å². The summed E-state index contributed by atoms with van der Waals surface area (Å²) in [7, 11) is 0. The van der Waals surface area contributed by atoms with Crippen molar-refractivity contribution in [2.75, 3.05) is 0 Å². The molecule has 0 radical (unpaired) electrons. The van der Waals surface area contributed by atoms with Crippen molar-refractivity contribution in [3.05, 3.63) is 65.6 Å². The Kier molecular flexibility index (Phi) is 4.87. The van der Waals surface area contributed by atoms with Crippen molar-refractivity contribution in [2.45, 2.75) is 50.6 Å².